The molecule has 0 aliphatic carbocycles. The van der Waals surface area contributed by atoms with Crippen molar-refractivity contribution < 1.29 is 13.9 Å². The summed E-state index contributed by atoms with van der Waals surface area (Å²) in [7, 11) is 1.68. The second-order valence-electron chi connectivity index (χ2n) is 5.32. The number of halogens is 2. The molecule has 3 aromatic rings. The fourth-order valence-electron chi connectivity index (χ4n) is 2.45. The number of hydrogen-bond donors (Lipinski definition) is 1. The molecule has 0 radical (unpaired) electrons. The van der Waals surface area contributed by atoms with E-state index in [1.54, 1.807) is 29.2 Å². The van der Waals surface area contributed by atoms with Gasteiger partial charge in [-0.1, -0.05) is 0 Å². The zero-order valence-corrected chi connectivity index (χ0v) is 17.7. The third-order valence-corrected chi connectivity index (χ3v) is 7.06. The summed E-state index contributed by atoms with van der Waals surface area (Å²) in [6.07, 6.45) is 3.42. The van der Waals surface area contributed by atoms with Crippen molar-refractivity contribution in [2.45, 2.75) is 6.92 Å². The first-order valence-electron chi connectivity index (χ1n) is 7.92. The van der Waals surface area contributed by atoms with E-state index in [9.17, 15) is 9.18 Å². The summed E-state index contributed by atoms with van der Waals surface area (Å²) in [6.45, 7) is 2.07. The second kappa shape index (κ2) is 8.89. The number of aromatic nitrogens is 2. The average Bonchev–Trinajstić information content (AvgIpc) is 2.65. The Morgan fingerprint density at radius 1 is 1.33 bits per heavy atom. The van der Waals surface area contributed by atoms with E-state index in [1.165, 1.54) is 18.5 Å². The van der Waals surface area contributed by atoms with Gasteiger partial charge in [0.2, 0.25) is 0 Å². The minimum absolute atomic E-state index is 0.0246. The Bertz CT molecular complexity index is 1010. The number of fused-ring (bicyclic) bond motifs is 1. The number of nitrogens with zero attached hydrogens (tertiary/aromatic N) is 2. The molecule has 0 saturated heterocycles. The van der Waals surface area contributed by atoms with Crippen LogP contribution in [0, 0.1) is 5.82 Å². The summed E-state index contributed by atoms with van der Waals surface area (Å²) >= 11 is 5.91. The molecular formula is C18H15ClFN3O2SSe. The van der Waals surface area contributed by atoms with Crippen LogP contribution in [0.2, 0.25) is 5.02 Å². The number of ether oxygens (including phenoxy) is 1. The number of carbonyl (C=O) groups is 1. The molecule has 0 saturated carbocycles. The van der Waals surface area contributed by atoms with Gasteiger partial charge in [0.25, 0.3) is 0 Å². The van der Waals surface area contributed by atoms with Crippen molar-refractivity contribution in [2.75, 3.05) is 18.2 Å². The Morgan fingerprint density at radius 3 is 2.85 bits per heavy atom. The van der Waals surface area contributed by atoms with Gasteiger partial charge in [0.05, 0.1) is 0 Å². The summed E-state index contributed by atoms with van der Waals surface area (Å²) in [6, 6.07) is 7.89. The Balaban J connectivity index is 2.10. The molecule has 0 bridgehead atoms. The van der Waals surface area contributed by atoms with Crippen molar-refractivity contribution in [2.24, 2.45) is 0 Å². The summed E-state index contributed by atoms with van der Waals surface area (Å²) in [5.41, 5.74) is 1.71. The standard InChI is InChI=1S/C18H15ClFN3O2SSe/c1-3-25-18(24)10-6-14-16(15(7-10)27-26-2)17(22-9-21-14)23-11-4-5-13(20)12(19)8-11/h4-9H,3H2,1-2H3,(H,21,22,23). The van der Waals surface area contributed by atoms with Gasteiger partial charge in [-0.2, -0.15) is 0 Å². The van der Waals surface area contributed by atoms with Crippen LogP contribution in [0.5, 0.6) is 0 Å². The molecule has 0 aliphatic heterocycles. The first-order valence-corrected chi connectivity index (χ1v) is 12.4. The van der Waals surface area contributed by atoms with Crippen LogP contribution in [0.4, 0.5) is 15.9 Å². The number of rotatable bonds is 6. The topological polar surface area (TPSA) is 64.1 Å². The Labute approximate surface area is 170 Å². The molecule has 0 amide bonds. The van der Waals surface area contributed by atoms with Gasteiger partial charge in [0, 0.05) is 0 Å². The number of esters is 1. The molecule has 5 nitrogen and oxygen atoms in total. The maximum atomic E-state index is 13.4. The molecule has 0 atom stereocenters. The van der Waals surface area contributed by atoms with Crippen molar-refractivity contribution in [1.82, 2.24) is 9.97 Å². The molecule has 3 rings (SSSR count). The van der Waals surface area contributed by atoms with E-state index in [4.69, 9.17) is 16.3 Å². The summed E-state index contributed by atoms with van der Waals surface area (Å²) < 4.78 is 19.5. The first-order chi connectivity index (χ1) is 13.0. The van der Waals surface area contributed by atoms with Crippen LogP contribution in [0.15, 0.2) is 36.7 Å². The van der Waals surface area contributed by atoms with Crippen molar-refractivity contribution in [1.29, 1.82) is 0 Å². The molecule has 27 heavy (non-hydrogen) atoms. The number of anilines is 2. The van der Waals surface area contributed by atoms with Gasteiger partial charge in [-0.15, -0.1) is 0 Å². The van der Waals surface area contributed by atoms with E-state index in [-0.39, 0.29) is 24.8 Å². The van der Waals surface area contributed by atoms with Gasteiger partial charge in [-0.3, -0.25) is 0 Å². The Morgan fingerprint density at radius 2 is 2.15 bits per heavy atom. The SMILES string of the molecule is CCOC(=O)c1cc([Se]SC)c2c(Nc3ccc(F)c(Cl)c3)ncnc2c1. The Kier molecular flexibility index (Phi) is 6.55. The van der Waals surface area contributed by atoms with Crippen LogP contribution in [-0.2, 0) is 4.74 Å². The molecule has 0 fully saturated rings. The van der Waals surface area contributed by atoms with Crippen molar-refractivity contribution in [3.63, 3.8) is 0 Å². The van der Waals surface area contributed by atoms with Crippen LogP contribution < -0.4 is 9.78 Å². The monoisotopic (exact) mass is 471 g/mol. The summed E-state index contributed by atoms with van der Waals surface area (Å²) in [5, 5.41) is 4.01. The molecular weight excluding hydrogens is 456 g/mol. The molecule has 1 heterocycles. The van der Waals surface area contributed by atoms with Crippen LogP contribution in [0.3, 0.4) is 0 Å². The van der Waals surface area contributed by atoms with E-state index >= 15 is 0 Å². The molecule has 0 unspecified atom stereocenters. The van der Waals surface area contributed by atoms with E-state index < -0.39 is 5.82 Å². The van der Waals surface area contributed by atoms with Crippen LogP contribution in [0.1, 0.15) is 17.3 Å². The van der Waals surface area contributed by atoms with Gasteiger partial charge >= 0.3 is 171 Å². The van der Waals surface area contributed by atoms with Gasteiger partial charge in [0.15, 0.2) is 0 Å². The maximum absolute atomic E-state index is 13.4. The average molecular weight is 471 g/mol. The third-order valence-electron chi connectivity index (χ3n) is 3.57. The van der Waals surface area contributed by atoms with E-state index in [2.05, 4.69) is 15.3 Å². The number of hydrogen-bond acceptors (Lipinski definition) is 6. The first kappa shape index (κ1) is 19.9. The van der Waals surface area contributed by atoms with Gasteiger partial charge in [-0.05, 0) is 0 Å². The number of carbonyl (C=O) groups excluding carboxylic acids is 1. The van der Waals surface area contributed by atoms with Crippen molar-refractivity contribution in [3.05, 3.63) is 53.1 Å². The molecule has 0 spiro atoms. The van der Waals surface area contributed by atoms with Gasteiger partial charge in [-0.25, -0.2) is 0 Å². The van der Waals surface area contributed by atoms with Crippen LogP contribution >= 0.6 is 21.8 Å². The van der Waals surface area contributed by atoms with E-state index in [1.807, 2.05) is 12.3 Å². The molecule has 140 valence electrons. The Hall–Kier alpha value is -1.86. The van der Waals surface area contributed by atoms with E-state index in [0.29, 0.717) is 29.2 Å². The van der Waals surface area contributed by atoms with Crippen molar-refractivity contribution >= 4 is 68.5 Å². The molecule has 9 heteroatoms. The fraction of sp³-hybridized carbons (Fsp3) is 0.167. The van der Waals surface area contributed by atoms with E-state index in [0.717, 1.165) is 9.85 Å². The molecule has 1 N–H and O–H groups in total. The molecule has 1 aromatic heterocycles. The second-order valence-corrected chi connectivity index (χ2v) is 10.3. The zero-order valence-electron chi connectivity index (χ0n) is 14.5. The third kappa shape index (κ3) is 4.52. The van der Waals surface area contributed by atoms with Gasteiger partial charge < -0.3 is 0 Å². The molecule has 0 aliphatic rings. The normalized spacial score (nSPS) is 10.8. The summed E-state index contributed by atoms with van der Waals surface area (Å²) in [4.78, 5) is 20.8. The van der Waals surface area contributed by atoms with Crippen LogP contribution in [-0.4, -0.2) is 42.6 Å². The quantitative estimate of drug-likeness (QED) is 0.435. The fourth-order valence-corrected chi connectivity index (χ4v) is 5.58. The van der Waals surface area contributed by atoms with Gasteiger partial charge in [0.1, 0.15) is 0 Å². The number of benzene rings is 2. The van der Waals surface area contributed by atoms with Crippen LogP contribution in [0.25, 0.3) is 10.9 Å². The predicted molar refractivity (Wildman–Crippen MR) is 109 cm³/mol. The number of nitrogens with one attached hydrogen (secondary N) is 1. The predicted octanol–water partition coefficient (Wildman–Crippen LogP) is 3.95. The minimum atomic E-state index is -0.486. The summed E-state index contributed by atoms with van der Waals surface area (Å²) in [5.74, 6) is -0.291. The van der Waals surface area contributed by atoms with Crippen molar-refractivity contribution in [3.8, 4) is 0 Å². The molecule has 2 aromatic carbocycles. The zero-order chi connectivity index (χ0) is 19.4.